The Labute approximate surface area is 135 Å². The van der Waals surface area contributed by atoms with E-state index in [0.29, 0.717) is 6.42 Å². The van der Waals surface area contributed by atoms with Crippen LogP contribution in [0.3, 0.4) is 0 Å². The Morgan fingerprint density at radius 3 is 2.65 bits per heavy atom. The van der Waals surface area contributed by atoms with E-state index in [9.17, 15) is 4.79 Å². The quantitative estimate of drug-likeness (QED) is 0.677. The lowest BCUT2D eigenvalue weighted by atomic mass is 10.0. The standard InChI is InChI=1S/C19H21N3O/c1-2-13-7-9-15(10-8-13)22-19(23)17(20)11-14-12-21-18-6-4-3-5-16(14)18/h3-10,12,17,21H,2,11,20H2,1H3,(H,22,23). The molecule has 1 unspecified atom stereocenters. The molecule has 0 radical (unpaired) electrons. The van der Waals surface area contributed by atoms with E-state index in [2.05, 4.69) is 17.2 Å². The van der Waals surface area contributed by atoms with Crippen LogP contribution in [-0.4, -0.2) is 16.9 Å². The number of benzene rings is 2. The number of nitrogens with one attached hydrogen (secondary N) is 2. The van der Waals surface area contributed by atoms with Gasteiger partial charge in [0.1, 0.15) is 0 Å². The predicted molar refractivity (Wildman–Crippen MR) is 94.4 cm³/mol. The fraction of sp³-hybridized carbons (Fsp3) is 0.211. The number of rotatable bonds is 5. The minimum atomic E-state index is -0.583. The summed E-state index contributed by atoms with van der Waals surface area (Å²) < 4.78 is 0. The van der Waals surface area contributed by atoms with Crippen LogP contribution >= 0.6 is 0 Å². The first-order valence-corrected chi connectivity index (χ1v) is 7.87. The molecule has 0 saturated heterocycles. The lowest BCUT2D eigenvalue weighted by Gasteiger charge is -2.12. The minimum Gasteiger partial charge on any atom is -0.361 e. The Balaban J connectivity index is 1.67. The molecule has 2 aromatic carbocycles. The Hall–Kier alpha value is -2.59. The number of H-pyrrole nitrogens is 1. The summed E-state index contributed by atoms with van der Waals surface area (Å²) >= 11 is 0. The lowest BCUT2D eigenvalue weighted by Crippen LogP contribution is -2.37. The van der Waals surface area contributed by atoms with Crippen molar-refractivity contribution < 1.29 is 4.79 Å². The van der Waals surface area contributed by atoms with Crippen molar-refractivity contribution in [1.82, 2.24) is 4.98 Å². The van der Waals surface area contributed by atoms with E-state index in [4.69, 9.17) is 5.73 Å². The third-order valence-corrected chi connectivity index (χ3v) is 4.08. The van der Waals surface area contributed by atoms with Gasteiger partial charge in [0.2, 0.25) is 5.91 Å². The molecule has 4 N–H and O–H groups in total. The third-order valence-electron chi connectivity index (χ3n) is 4.08. The van der Waals surface area contributed by atoms with Gasteiger partial charge >= 0.3 is 0 Å². The number of nitrogens with two attached hydrogens (primary N) is 1. The second kappa shape index (κ2) is 6.67. The Morgan fingerprint density at radius 2 is 1.91 bits per heavy atom. The van der Waals surface area contributed by atoms with Gasteiger partial charge in [-0.05, 0) is 42.2 Å². The molecule has 1 heterocycles. The zero-order valence-electron chi connectivity index (χ0n) is 13.2. The monoisotopic (exact) mass is 307 g/mol. The molecule has 0 saturated carbocycles. The van der Waals surface area contributed by atoms with Crippen LogP contribution in [0.25, 0.3) is 10.9 Å². The summed E-state index contributed by atoms with van der Waals surface area (Å²) in [6.45, 7) is 2.10. The van der Waals surface area contributed by atoms with Crippen LogP contribution in [0, 0.1) is 0 Å². The molecule has 1 aromatic heterocycles. The molecule has 1 atom stereocenters. The van der Waals surface area contributed by atoms with Crippen molar-refractivity contribution in [2.75, 3.05) is 5.32 Å². The molecule has 3 aromatic rings. The highest BCUT2D eigenvalue weighted by Crippen LogP contribution is 2.19. The number of hydrogen-bond acceptors (Lipinski definition) is 2. The van der Waals surface area contributed by atoms with Gasteiger partial charge in [0.25, 0.3) is 0 Å². The number of carbonyl (C=O) groups is 1. The Kier molecular flexibility index (Phi) is 4.44. The van der Waals surface area contributed by atoms with Gasteiger partial charge < -0.3 is 16.0 Å². The molecule has 118 valence electrons. The summed E-state index contributed by atoms with van der Waals surface area (Å²) in [5.41, 5.74) is 10.2. The van der Waals surface area contributed by atoms with Crippen molar-refractivity contribution in [1.29, 1.82) is 0 Å². The highest BCUT2D eigenvalue weighted by Gasteiger charge is 2.16. The van der Waals surface area contributed by atoms with Crippen LogP contribution in [-0.2, 0) is 17.6 Å². The number of para-hydroxylation sites is 1. The molecular formula is C19H21N3O. The highest BCUT2D eigenvalue weighted by atomic mass is 16.2. The molecule has 0 spiro atoms. The van der Waals surface area contributed by atoms with Gasteiger partial charge in [0, 0.05) is 22.8 Å². The SMILES string of the molecule is CCc1ccc(NC(=O)C(N)Cc2c[nH]c3ccccc23)cc1. The predicted octanol–water partition coefficient (Wildman–Crippen LogP) is 3.24. The average Bonchev–Trinajstić information content (AvgIpc) is 2.98. The topological polar surface area (TPSA) is 70.9 Å². The van der Waals surface area contributed by atoms with E-state index >= 15 is 0 Å². The molecule has 0 aliphatic carbocycles. The zero-order chi connectivity index (χ0) is 16.2. The molecule has 23 heavy (non-hydrogen) atoms. The molecular weight excluding hydrogens is 286 g/mol. The second-order valence-electron chi connectivity index (χ2n) is 5.71. The van der Waals surface area contributed by atoms with Gasteiger partial charge in [-0.15, -0.1) is 0 Å². The van der Waals surface area contributed by atoms with Gasteiger partial charge in [0.15, 0.2) is 0 Å². The summed E-state index contributed by atoms with van der Waals surface area (Å²) in [4.78, 5) is 15.5. The normalized spacial score (nSPS) is 12.3. The van der Waals surface area contributed by atoms with Gasteiger partial charge in [-0.25, -0.2) is 0 Å². The minimum absolute atomic E-state index is 0.167. The molecule has 0 aliphatic rings. The first-order chi connectivity index (χ1) is 11.2. The number of aryl methyl sites for hydroxylation is 1. The van der Waals surface area contributed by atoms with E-state index in [1.54, 1.807) is 0 Å². The summed E-state index contributed by atoms with van der Waals surface area (Å²) in [5.74, 6) is -0.167. The summed E-state index contributed by atoms with van der Waals surface area (Å²) in [6, 6.07) is 15.3. The smallest absolute Gasteiger partial charge is 0.241 e. The van der Waals surface area contributed by atoms with Crippen molar-refractivity contribution in [2.45, 2.75) is 25.8 Å². The average molecular weight is 307 g/mol. The highest BCUT2D eigenvalue weighted by molar-refractivity contribution is 5.95. The summed E-state index contributed by atoms with van der Waals surface area (Å²) in [7, 11) is 0. The molecule has 4 heteroatoms. The van der Waals surface area contributed by atoms with E-state index in [0.717, 1.165) is 28.6 Å². The maximum absolute atomic E-state index is 12.3. The van der Waals surface area contributed by atoms with Gasteiger partial charge in [-0.2, -0.15) is 0 Å². The first kappa shape index (κ1) is 15.3. The number of anilines is 1. The maximum atomic E-state index is 12.3. The largest absolute Gasteiger partial charge is 0.361 e. The molecule has 3 rings (SSSR count). The maximum Gasteiger partial charge on any atom is 0.241 e. The Morgan fingerprint density at radius 1 is 1.17 bits per heavy atom. The van der Waals surface area contributed by atoms with Crippen molar-refractivity contribution in [3.63, 3.8) is 0 Å². The van der Waals surface area contributed by atoms with E-state index < -0.39 is 6.04 Å². The molecule has 0 aliphatic heterocycles. The summed E-state index contributed by atoms with van der Waals surface area (Å²) in [6.07, 6.45) is 3.41. The zero-order valence-corrected chi connectivity index (χ0v) is 13.2. The molecule has 0 fully saturated rings. The van der Waals surface area contributed by atoms with Gasteiger partial charge in [0.05, 0.1) is 6.04 Å². The van der Waals surface area contributed by atoms with Crippen LogP contribution in [0.2, 0.25) is 0 Å². The Bertz CT molecular complexity index is 805. The van der Waals surface area contributed by atoms with E-state index in [-0.39, 0.29) is 5.91 Å². The van der Waals surface area contributed by atoms with Crippen LogP contribution < -0.4 is 11.1 Å². The van der Waals surface area contributed by atoms with E-state index in [1.807, 2.05) is 54.7 Å². The number of carbonyl (C=O) groups excluding carboxylic acids is 1. The number of hydrogen-bond donors (Lipinski definition) is 3. The number of fused-ring (bicyclic) bond motifs is 1. The van der Waals surface area contributed by atoms with Gasteiger partial charge in [-0.1, -0.05) is 37.3 Å². The second-order valence-corrected chi connectivity index (χ2v) is 5.71. The van der Waals surface area contributed by atoms with Crippen molar-refractivity contribution in [3.8, 4) is 0 Å². The number of amides is 1. The van der Waals surface area contributed by atoms with Crippen LogP contribution in [0.1, 0.15) is 18.1 Å². The first-order valence-electron chi connectivity index (χ1n) is 7.87. The van der Waals surface area contributed by atoms with E-state index in [1.165, 1.54) is 5.56 Å². The molecule has 1 amide bonds. The fourth-order valence-corrected chi connectivity index (χ4v) is 2.69. The number of aromatic amines is 1. The molecule has 4 nitrogen and oxygen atoms in total. The fourth-order valence-electron chi connectivity index (χ4n) is 2.69. The number of aromatic nitrogens is 1. The van der Waals surface area contributed by atoms with Crippen molar-refractivity contribution in [2.24, 2.45) is 5.73 Å². The van der Waals surface area contributed by atoms with Crippen molar-refractivity contribution >= 4 is 22.5 Å². The van der Waals surface area contributed by atoms with Crippen LogP contribution in [0.15, 0.2) is 54.7 Å². The van der Waals surface area contributed by atoms with Crippen molar-refractivity contribution in [3.05, 3.63) is 65.9 Å². The molecule has 0 bridgehead atoms. The third kappa shape index (κ3) is 3.43. The van der Waals surface area contributed by atoms with Crippen LogP contribution in [0.4, 0.5) is 5.69 Å². The van der Waals surface area contributed by atoms with Crippen LogP contribution in [0.5, 0.6) is 0 Å². The van der Waals surface area contributed by atoms with Gasteiger partial charge in [-0.3, -0.25) is 4.79 Å². The lowest BCUT2D eigenvalue weighted by molar-refractivity contribution is -0.117. The summed E-state index contributed by atoms with van der Waals surface area (Å²) in [5, 5.41) is 3.99.